The highest BCUT2D eigenvalue weighted by Crippen LogP contribution is 2.38. The minimum Gasteiger partial charge on any atom is -0.309 e. The summed E-state index contributed by atoms with van der Waals surface area (Å²) in [6.45, 7) is 1.83. The van der Waals surface area contributed by atoms with Gasteiger partial charge < -0.3 is 5.32 Å². The standard InChI is InChI=1S/C16H15ClF3N/c1-10-6-5-8-12(14(10)17)15(21-2)11-7-3-4-9-13(11)16(18,19)20/h3-9,15,21H,1-2H3. The lowest BCUT2D eigenvalue weighted by Crippen LogP contribution is -2.22. The number of alkyl halides is 3. The monoisotopic (exact) mass is 313 g/mol. The molecule has 0 fully saturated rings. The van der Waals surface area contributed by atoms with Crippen molar-refractivity contribution in [2.45, 2.75) is 19.1 Å². The molecule has 0 spiro atoms. The van der Waals surface area contributed by atoms with E-state index in [0.29, 0.717) is 10.6 Å². The van der Waals surface area contributed by atoms with Crippen molar-refractivity contribution in [1.29, 1.82) is 0 Å². The maximum Gasteiger partial charge on any atom is 0.416 e. The van der Waals surface area contributed by atoms with E-state index >= 15 is 0 Å². The summed E-state index contributed by atoms with van der Waals surface area (Å²) >= 11 is 6.26. The fourth-order valence-electron chi connectivity index (χ4n) is 2.38. The van der Waals surface area contributed by atoms with E-state index in [1.807, 2.05) is 13.0 Å². The average Bonchev–Trinajstić information content (AvgIpc) is 2.44. The van der Waals surface area contributed by atoms with Crippen molar-refractivity contribution in [2.75, 3.05) is 7.05 Å². The van der Waals surface area contributed by atoms with E-state index in [0.717, 1.165) is 11.6 Å². The van der Waals surface area contributed by atoms with E-state index in [2.05, 4.69) is 5.32 Å². The van der Waals surface area contributed by atoms with Gasteiger partial charge in [-0.2, -0.15) is 13.2 Å². The van der Waals surface area contributed by atoms with E-state index in [1.54, 1.807) is 25.2 Å². The molecule has 0 aromatic heterocycles. The number of benzene rings is 2. The van der Waals surface area contributed by atoms with Crippen molar-refractivity contribution in [1.82, 2.24) is 5.32 Å². The highest BCUT2D eigenvalue weighted by Gasteiger charge is 2.35. The van der Waals surface area contributed by atoms with Crippen molar-refractivity contribution in [3.63, 3.8) is 0 Å². The fraction of sp³-hybridized carbons (Fsp3) is 0.250. The molecule has 0 saturated heterocycles. The summed E-state index contributed by atoms with van der Waals surface area (Å²) < 4.78 is 39.5. The molecule has 1 nitrogen and oxygen atoms in total. The van der Waals surface area contributed by atoms with Gasteiger partial charge in [0.1, 0.15) is 0 Å². The van der Waals surface area contributed by atoms with E-state index < -0.39 is 17.8 Å². The minimum atomic E-state index is -4.40. The summed E-state index contributed by atoms with van der Waals surface area (Å²) in [5, 5.41) is 3.41. The van der Waals surface area contributed by atoms with E-state index in [9.17, 15) is 13.2 Å². The van der Waals surface area contributed by atoms with Crippen molar-refractivity contribution in [3.8, 4) is 0 Å². The molecule has 0 radical (unpaired) electrons. The topological polar surface area (TPSA) is 12.0 Å². The maximum atomic E-state index is 13.2. The van der Waals surface area contributed by atoms with Gasteiger partial charge in [-0.3, -0.25) is 0 Å². The number of halogens is 4. The van der Waals surface area contributed by atoms with Gasteiger partial charge in [-0.1, -0.05) is 48.0 Å². The Balaban J connectivity index is 2.60. The third-order valence-corrected chi connectivity index (χ3v) is 3.91. The van der Waals surface area contributed by atoms with E-state index in [4.69, 9.17) is 11.6 Å². The fourth-order valence-corrected chi connectivity index (χ4v) is 2.61. The number of aryl methyl sites for hydroxylation is 1. The zero-order chi connectivity index (χ0) is 15.6. The van der Waals surface area contributed by atoms with Crippen LogP contribution in [0.3, 0.4) is 0 Å². The van der Waals surface area contributed by atoms with Crippen molar-refractivity contribution in [2.24, 2.45) is 0 Å². The molecule has 0 aliphatic heterocycles. The molecular weight excluding hydrogens is 299 g/mol. The normalized spacial score (nSPS) is 13.2. The van der Waals surface area contributed by atoms with Gasteiger partial charge in [-0.25, -0.2) is 0 Å². The first kappa shape index (κ1) is 15.9. The Labute approximate surface area is 126 Å². The molecular formula is C16H15ClF3N. The molecule has 1 unspecified atom stereocenters. The number of hydrogen-bond acceptors (Lipinski definition) is 1. The third kappa shape index (κ3) is 3.22. The molecule has 0 aliphatic carbocycles. The van der Waals surface area contributed by atoms with Crippen LogP contribution in [-0.2, 0) is 6.18 Å². The SMILES string of the molecule is CNC(c1ccccc1C(F)(F)F)c1cccc(C)c1Cl. The lowest BCUT2D eigenvalue weighted by atomic mass is 9.93. The zero-order valence-electron chi connectivity index (χ0n) is 11.6. The van der Waals surface area contributed by atoms with Crippen LogP contribution in [0.5, 0.6) is 0 Å². The Morgan fingerprint density at radius 2 is 1.62 bits per heavy atom. The van der Waals surface area contributed by atoms with Crippen LogP contribution in [0.1, 0.15) is 28.3 Å². The molecule has 5 heteroatoms. The second-order valence-corrected chi connectivity index (χ2v) is 5.16. The van der Waals surface area contributed by atoms with Gasteiger partial charge in [0, 0.05) is 5.02 Å². The van der Waals surface area contributed by atoms with E-state index in [1.165, 1.54) is 12.1 Å². The van der Waals surface area contributed by atoms with Crippen LogP contribution >= 0.6 is 11.6 Å². The first-order valence-corrected chi connectivity index (χ1v) is 6.82. The van der Waals surface area contributed by atoms with Gasteiger partial charge in [0.15, 0.2) is 0 Å². The van der Waals surface area contributed by atoms with E-state index in [-0.39, 0.29) is 5.56 Å². The van der Waals surface area contributed by atoms with Crippen LogP contribution in [0.2, 0.25) is 5.02 Å². The number of rotatable bonds is 3. The van der Waals surface area contributed by atoms with Crippen LogP contribution in [0.25, 0.3) is 0 Å². The summed E-state index contributed by atoms with van der Waals surface area (Å²) in [5.41, 5.74) is 0.983. The van der Waals surface area contributed by atoms with Crippen LogP contribution in [-0.4, -0.2) is 7.05 Å². The van der Waals surface area contributed by atoms with Crippen molar-refractivity contribution < 1.29 is 13.2 Å². The molecule has 0 bridgehead atoms. The van der Waals surface area contributed by atoms with Gasteiger partial charge in [0.25, 0.3) is 0 Å². The number of hydrogen-bond donors (Lipinski definition) is 1. The van der Waals surface area contributed by atoms with Crippen LogP contribution < -0.4 is 5.32 Å². The zero-order valence-corrected chi connectivity index (χ0v) is 12.4. The summed E-state index contributed by atoms with van der Waals surface area (Å²) in [6, 6.07) is 10.3. The minimum absolute atomic E-state index is 0.167. The molecule has 0 saturated carbocycles. The second-order valence-electron chi connectivity index (χ2n) is 4.78. The van der Waals surface area contributed by atoms with Gasteiger partial charge >= 0.3 is 6.18 Å². The maximum absolute atomic E-state index is 13.2. The first-order valence-electron chi connectivity index (χ1n) is 6.44. The molecule has 0 heterocycles. The largest absolute Gasteiger partial charge is 0.416 e. The molecule has 0 aliphatic rings. The Bertz CT molecular complexity index is 638. The molecule has 21 heavy (non-hydrogen) atoms. The molecule has 1 N–H and O–H groups in total. The molecule has 2 rings (SSSR count). The number of nitrogens with one attached hydrogen (secondary N) is 1. The lowest BCUT2D eigenvalue weighted by Gasteiger charge is -2.23. The second kappa shape index (κ2) is 6.08. The summed E-state index contributed by atoms with van der Waals surface area (Å²) in [6.07, 6.45) is -4.40. The average molecular weight is 314 g/mol. The summed E-state index contributed by atoms with van der Waals surface area (Å²) in [7, 11) is 1.62. The Kier molecular flexibility index (Phi) is 4.59. The van der Waals surface area contributed by atoms with Gasteiger partial charge in [0.05, 0.1) is 11.6 Å². The van der Waals surface area contributed by atoms with Gasteiger partial charge in [0.2, 0.25) is 0 Å². The van der Waals surface area contributed by atoms with Crippen LogP contribution in [0.15, 0.2) is 42.5 Å². The molecule has 112 valence electrons. The van der Waals surface area contributed by atoms with Crippen LogP contribution in [0, 0.1) is 6.92 Å². The van der Waals surface area contributed by atoms with Gasteiger partial charge in [-0.15, -0.1) is 0 Å². The third-order valence-electron chi connectivity index (χ3n) is 3.40. The summed E-state index contributed by atoms with van der Waals surface area (Å²) in [5.74, 6) is 0. The molecule has 2 aromatic rings. The lowest BCUT2D eigenvalue weighted by molar-refractivity contribution is -0.138. The van der Waals surface area contributed by atoms with Crippen LogP contribution in [0.4, 0.5) is 13.2 Å². The molecule has 0 amide bonds. The quantitative estimate of drug-likeness (QED) is 0.843. The van der Waals surface area contributed by atoms with Crippen molar-refractivity contribution in [3.05, 3.63) is 69.7 Å². The van der Waals surface area contributed by atoms with Gasteiger partial charge in [-0.05, 0) is 36.7 Å². The first-order chi connectivity index (χ1) is 9.86. The smallest absolute Gasteiger partial charge is 0.309 e. The summed E-state index contributed by atoms with van der Waals surface area (Å²) in [4.78, 5) is 0. The van der Waals surface area contributed by atoms with Crippen molar-refractivity contribution >= 4 is 11.6 Å². The Hall–Kier alpha value is -1.52. The highest BCUT2D eigenvalue weighted by atomic mass is 35.5. The highest BCUT2D eigenvalue weighted by molar-refractivity contribution is 6.32. The Morgan fingerprint density at radius 3 is 2.24 bits per heavy atom. The molecule has 2 aromatic carbocycles. The molecule has 1 atom stereocenters. The Morgan fingerprint density at radius 1 is 1.00 bits per heavy atom. The predicted octanol–water partition coefficient (Wildman–Crippen LogP) is 4.98. The predicted molar refractivity (Wildman–Crippen MR) is 78.5 cm³/mol.